The van der Waals surface area contributed by atoms with Crippen LogP contribution in [0.2, 0.25) is 10.0 Å². The molecule has 0 fully saturated rings. The minimum Gasteiger partial charge on any atom is -0.382 e. The molecule has 10 heteroatoms. The second-order valence-corrected chi connectivity index (χ2v) is 4.66. The molecule has 0 saturated carbocycles. The van der Waals surface area contributed by atoms with Crippen LogP contribution in [0.25, 0.3) is 11.3 Å². The first-order valence-corrected chi connectivity index (χ1v) is 6.07. The van der Waals surface area contributed by atoms with Crippen LogP contribution in [0, 0.1) is 21.4 Å². The lowest BCUT2D eigenvalue weighted by Crippen LogP contribution is -2.05. The van der Waals surface area contributed by atoms with Crippen molar-refractivity contribution in [3.05, 3.63) is 37.9 Å². The first-order chi connectivity index (χ1) is 9.85. The van der Waals surface area contributed by atoms with Crippen molar-refractivity contribution in [1.29, 1.82) is 5.26 Å². The molecule has 0 unspecified atom stereocenters. The molecule has 0 amide bonds. The molecule has 0 spiro atoms. The molecule has 1 aromatic carbocycles. The van der Waals surface area contributed by atoms with Crippen molar-refractivity contribution in [3.63, 3.8) is 0 Å². The average molecular weight is 325 g/mol. The summed E-state index contributed by atoms with van der Waals surface area (Å²) in [6.45, 7) is 0. The van der Waals surface area contributed by atoms with E-state index in [0.717, 1.165) is 6.07 Å². The quantitative estimate of drug-likeness (QED) is 0.636. The highest BCUT2D eigenvalue weighted by molar-refractivity contribution is 6.37. The van der Waals surface area contributed by atoms with E-state index >= 15 is 0 Å². The molecule has 1 aromatic heterocycles. The third kappa shape index (κ3) is 2.65. The van der Waals surface area contributed by atoms with E-state index in [2.05, 4.69) is 9.97 Å². The second kappa shape index (κ2) is 5.40. The molecule has 8 nitrogen and oxygen atoms in total. The summed E-state index contributed by atoms with van der Waals surface area (Å²) in [5.41, 5.74) is 10.7. The minimum atomic E-state index is -0.678. The van der Waals surface area contributed by atoms with Crippen molar-refractivity contribution in [3.8, 4) is 17.3 Å². The molecule has 21 heavy (non-hydrogen) atoms. The molecule has 1 heterocycles. The molecule has 0 radical (unpaired) electrons. The van der Waals surface area contributed by atoms with Crippen LogP contribution in [-0.4, -0.2) is 14.9 Å². The molecule has 0 aliphatic heterocycles. The van der Waals surface area contributed by atoms with Gasteiger partial charge in [-0.1, -0.05) is 23.2 Å². The van der Waals surface area contributed by atoms with Gasteiger partial charge in [0.05, 0.1) is 15.6 Å². The van der Waals surface area contributed by atoms with Gasteiger partial charge in [-0.2, -0.15) is 10.2 Å². The van der Waals surface area contributed by atoms with E-state index in [1.165, 1.54) is 6.07 Å². The predicted octanol–water partition coefficient (Wildman–Crippen LogP) is 2.39. The molecule has 0 atom stereocenters. The van der Waals surface area contributed by atoms with Gasteiger partial charge in [-0.15, -0.1) is 0 Å². The van der Waals surface area contributed by atoms with Gasteiger partial charge in [0.2, 0.25) is 5.95 Å². The monoisotopic (exact) mass is 324 g/mol. The summed E-state index contributed by atoms with van der Waals surface area (Å²) in [5, 5.41) is 20.0. The zero-order chi connectivity index (χ0) is 15.7. The number of nitro groups is 1. The number of nitriles is 1. The van der Waals surface area contributed by atoms with Gasteiger partial charge in [-0.3, -0.25) is 10.1 Å². The van der Waals surface area contributed by atoms with Gasteiger partial charge in [0.15, 0.2) is 0 Å². The molecule has 2 aromatic rings. The molecular weight excluding hydrogens is 319 g/mol. The van der Waals surface area contributed by atoms with Crippen molar-refractivity contribution in [2.75, 3.05) is 11.5 Å². The number of benzene rings is 1. The molecule has 4 N–H and O–H groups in total. The van der Waals surface area contributed by atoms with Crippen molar-refractivity contribution < 1.29 is 4.92 Å². The van der Waals surface area contributed by atoms with E-state index < -0.39 is 4.92 Å². The number of nitrogen functional groups attached to an aromatic ring is 2. The van der Waals surface area contributed by atoms with Crippen LogP contribution >= 0.6 is 23.2 Å². The zero-order valence-corrected chi connectivity index (χ0v) is 11.7. The normalized spacial score (nSPS) is 10.1. The number of hydrogen-bond acceptors (Lipinski definition) is 7. The SMILES string of the molecule is N#Cc1c(N)nc(N)nc1-c1cc([N+](=O)[O-])c(Cl)cc1Cl. The van der Waals surface area contributed by atoms with E-state index in [1.54, 1.807) is 0 Å². The summed E-state index contributed by atoms with van der Waals surface area (Å²) in [7, 11) is 0. The predicted molar refractivity (Wildman–Crippen MR) is 77.7 cm³/mol. The number of nitrogens with zero attached hydrogens (tertiary/aromatic N) is 4. The first kappa shape index (κ1) is 14.8. The van der Waals surface area contributed by atoms with Gasteiger partial charge in [0.25, 0.3) is 5.69 Å². The summed E-state index contributed by atoms with van der Waals surface area (Å²) < 4.78 is 0. The topological polar surface area (TPSA) is 145 Å². The summed E-state index contributed by atoms with van der Waals surface area (Å²) in [6, 6.07) is 4.10. The number of hydrogen-bond donors (Lipinski definition) is 2. The number of halogens is 2. The maximum Gasteiger partial charge on any atom is 0.288 e. The van der Waals surface area contributed by atoms with Gasteiger partial charge in [0, 0.05) is 11.6 Å². The Morgan fingerprint density at radius 3 is 2.48 bits per heavy atom. The summed E-state index contributed by atoms with van der Waals surface area (Å²) in [4.78, 5) is 17.8. The summed E-state index contributed by atoms with van der Waals surface area (Å²) in [6.07, 6.45) is 0. The van der Waals surface area contributed by atoms with Gasteiger partial charge in [-0.25, -0.2) is 4.98 Å². The van der Waals surface area contributed by atoms with Crippen molar-refractivity contribution in [1.82, 2.24) is 9.97 Å². The van der Waals surface area contributed by atoms with Crippen LogP contribution in [-0.2, 0) is 0 Å². The number of nitro benzene ring substituents is 1. The molecule has 106 valence electrons. The minimum absolute atomic E-state index is 0.00673. The van der Waals surface area contributed by atoms with Crippen LogP contribution in [0.1, 0.15) is 5.56 Å². The van der Waals surface area contributed by atoms with Crippen molar-refractivity contribution in [2.45, 2.75) is 0 Å². The van der Waals surface area contributed by atoms with Crippen LogP contribution in [0.3, 0.4) is 0 Å². The fourth-order valence-corrected chi connectivity index (χ4v) is 2.20. The Kier molecular flexibility index (Phi) is 3.80. The largest absolute Gasteiger partial charge is 0.382 e. The first-order valence-electron chi connectivity index (χ1n) is 5.32. The second-order valence-electron chi connectivity index (χ2n) is 3.84. The lowest BCUT2D eigenvalue weighted by Gasteiger charge is -2.09. The lowest BCUT2D eigenvalue weighted by molar-refractivity contribution is -0.384. The van der Waals surface area contributed by atoms with Gasteiger partial charge < -0.3 is 11.5 Å². The molecule has 0 aliphatic rings. The number of aromatic nitrogens is 2. The maximum atomic E-state index is 10.9. The van der Waals surface area contributed by atoms with E-state index in [1.807, 2.05) is 6.07 Å². The number of anilines is 2. The highest BCUT2D eigenvalue weighted by atomic mass is 35.5. The van der Waals surface area contributed by atoms with Gasteiger partial charge in [-0.05, 0) is 6.07 Å². The maximum absolute atomic E-state index is 10.9. The molecule has 0 bridgehead atoms. The van der Waals surface area contributed by atoms with Crippen LogP contribution in [0.15, 0.2) is 12.1 Å². The van der Waals surface area contributed by atoms with Crippen molar-refractivity contribution >= 4 is 40.7 Å². The van der Waals surface area contributed by atoms with Crippen LogP contribution < -0.4 is 11.5 Å². The Hall–Kier alpha value is -2.63. The Bertz CT molecular complexity index is 802. The molecule has 0 saturated heterocycles. The van der Waals surface area contributed by atoms with Gasteiger partial charge in [0.1, 0.15) is 22.5 Å². The standard InChI is InChI=1S/C11H6Cl2N6O2/c12-6-2-7(13)8(19(20)21)1-4(6)9-5(3-14)10(15)18-11(16)17-9/h1-2H,(H4,15,16,17,18). The van der Waals surface area contributed by atoms with E-state index in [0.29, 0.717) is 0 Å². The highest BCUT2D eigenvalue weighted by Crippen LogP contribution is 2.37. The Labute approximate surface area is 128 Å². The van der Waals surface area contributed by atoms with E-state index in [-0.39, 0.29) is 44.3 Å². The Balaban J connectivity index is 2.82. The average Bonchev–Trinajstić information content (AvgIpc) is 2.37. The fourth-order valence-electron chi connectivity index (χ4n) is 1.66. The lowest BCUT2D eigenvalue weighted by atomic mass is 10.1. The molecular formula is C11H6Cl2N6O2. The fraction of sp³-hybridized carbons (Fsp3) is 0. The van der Waals surface area contributed by atoms with Crippen molar-refractivity contribution in [2.24, 2.45) is 0 Å². The summed E-state index contributed by atoms with van der Waals surface area (Å²) >= 11 is 11.8. The van der Waals surface area contributed by atoms with Crippen LogP contribution in [0.4, 0.5) is 17.5 Å². The zero-order valence-electron chi connectivity index (χ0n) is 10.2. The Morgan fingerprint density at radius 1 is 1.24 bits per heavy atom. The van der Waals surface area contributed by atoms with Crippen LogP contribution in [0.5, 0.6) is 0 Å². The molecule has 2 rings (SSSR count). The molecule has 0 aliphatic carbocycles. The third-order valence-electron chi connectivity index (χ3n) is 2.55. The number of rotatable bonds is 2. The third-order valence-corrected chi connectivity index (χ3v) is 3.17. The summed E-state index contributed by atoms with van der Waals surface area (Å²) in [5.74, 6) is -0.330. The van der Waals surface area contributed by atoms with E-state index in [4.69, 9.17) is 39.9 Å². The van der Waals surface area contributed by atoms with Gasteiger partial charge >= 0.3 is 0 Å². The highest BCUT2D eigenvalue weighted by Gasteiger charge is 2.21. The Morgan fingerprint density at radius 2 is 1.90 bits per heavy atom. The smallest absolute Gasteiger partial charge is 0.288 e. The number of nitrogens with two attached hydrogens (primary N) is 2. The van der Waals surface area contributed by atoms with E-state index in [9.17, 15) is 10.1 Å².